The highest BCUT2D eigenvalue weighted by Gasteiger charge is 2.23. The van der Waals surface area contributed by atoms with Gasteiger partial charge in [0.25, 0.3) is 0 Å². The number of nitrogens with one attached hydrogen (secondary N) is 1. The Labute approximate surface area is 72.4 Å². The highest BCUT2D eigenvalue weighted by molar-refractivity contribution is 5.81. The van der Waals surface area contributed by atoms with E-state index in [-0.39, 0.29) is 5.92 Å². The molecular formula is C7H14N2O3. The zero-order valence-electron chi connectivity index (χ0n) is 8.13. The van der Waals surface area contributed by atoms with Crippen molar-refractivity contribution in [2.45, 2.75) is 26.3 Å². The summed E-state index contributed by atoms with van der Waals surface area (Å²) in [6, 6.07) is -1.73. The van der Waals surface area contributed by atoms with Crippen LogP contribution in [0, 0.1) is 5.92 Å². The third-order valence-corrected chi connectivity index (χ3v) is 1.77. The Morgan fingerprint density at radius 1 is 1.75 bits per heavy atom. The molecule has 0 heterocycles. The number of rotatable bonds is 4. The molecule has 0 saturated carbocycles. The number of carboxylic acids is 1. The minimum Gasteiger partial charge on any atom is -0.480 e. The van der Waals surface area contributed by atoms with E-state index in [2.05, 4.69) is 5.32 Å². The monoisotopic (exact) mass is 175 g/mol. The molecule has 0 aromatic carbocycles. The molecule has 2 amide bonds. The summed E-state index contributed by atoms with van der Waals surface area (Å²) >= 11 is 0. The molecular weight excluding hydrogens is 160 g/mol. The smallest absolute Gasteiger partial charge is 0.326 e. The minimum atomic E-state index is -1.09. The number of carbonyl (C=O) groups is 2. The topological polar surface area (TPSA) is 92.4 Å². The van der Waals surface area contributed by atoms with Crippen molar-refractivity contribution in [2.75, 3.05) is 0 Å². The van der Waals surface area contributed by atoms with Crippen LogP contribution in [0.5, 0.6) is 0 Å². The van der Waals surface area contributed by atoms with Crippen LogP contribution in [0.2, 0.25) is 1.41 Å². The van der Waals surface area contributed by atoms with E-state index in [1.54, 1.807) is 12.7 Å². The molecule has 0 bridgehead atoms. The fourth-order valence-corrected chi connectivity index (χ4v) is 0.824. The third kappa shape index (κ3) is 3.23. The number of aliphatic carboxylic acids is 1. The lowest BCUT2D eigenvalue weighted by molar-refractivity contribution is -0.140. The van der Waals surface area contributed by atoms with Crippen LogP contribution >= 0.6 is 0 Å². The maximum absolute atomic E-state index is 10.7. The van der Waals surface area contributed by atoms with Gasteiger partial charge in [0.2, 0.25) is 0 Å². The van der Waals surface area contributed by atoms with Gasteiger partial charge in [-0.1, -0.05) is 20.3 Å². The fourth-order valence-electron chi connectivity index (χ4n) is 0.824. The van der Waals surface area contributed by atoms with E-state index in [1.807, 2.05) is 6.92 Å². The van der Waals surface area contributed by atoms with E-state index >= 15 is 0 Å². The molecule has 4 N–H and O–H groups in total. The van der Waals surface area contributed by atoms with E-state index in [0.717, 1.165) is 0 Å². The molecule has 0 aromatic heterocycles. The number of nitrogens with two attached hydrogens (primary N) is 1. The summed E-state index contributed by atoms with van der Waals surface area (Å²) in [5, 5.41) is 10.9. The quantitative estimate of drug-likeness (QED) is 0.568. The maximum atomic E-state index is 10.7. The SMILES string of the molecule is [2H]NC(=O)N[C@H](C(=O)O)[C@@H](C)CC. The Bertz CT molecular complexity index is 198. The van der Waals surface area contributed by atoms with E-state index in [9.17, 15) is 9.59 Å². The number of carboxylic acid groups (broad SMARTS) is 1. The van der Waals surface area contributed by atoms with E-state index < -0.39 is 18.0 Å². The molecule has 2 atom stereocenters. The lowest BCUT2D eigenvalue weighted by atomic mass is 10.00. The number of amides is 2. The first-order valence-corrected chi connectivity index (χ1v) is 3.74. The molecule has 0 spiro atoms. The summed E-state index contributed by atoms with van der Waals surface area (Å²) in [6.07, 6.45) is 0.648. The van der Waals surface area contributed by atoms with Crippen LogP contribution in [0.25, 0.3) is 0 Å². The van der Waals surface area contributed by atoms with Gasteiger partial charge in [-0.25, -0.2) is 9.59 Å². The second kappa shape index (κ2) is 4.58. The van der Waals surface area contributed by atoms with Crippen LogP contribution in [0.15, 0.2) is 0 Å². The maximum Gasteiger partial charge on any atom is 0.326 e. The van der Waals surface area contributed by atoms with Crippen molar-refractivity contribution >= 4 is 12.0 Å². The molecule has 5 nitrogen and oxygen atoms in total. The Balaban J connectivity index is 4.26. The Hall–Kier alpha value is -1.26. The zero-order chi connectivity index (χ0) is 10.4. The van der Waals surface area contributed by atoms with E-state index in [0.29, 0.717) is 6.42 Å². The molecule has 5 heteroatoms. The minimum absolute atomic E-state index is 0.158. The molecule has 0 radical (unpaired) electrons. The number of primary amides is 1. The molecule has 0 aromatic rings. The van der Waals surface area contributed by atoms with Gasteiger partial charge in [-0.3, -0.25) is 0 Å². The van der Waals surface area contributed by atoms with Crippen molar-refractivity contribution in [1.29, 1.82) is 0 Å². The molecule has 12 heavy (non-hydrogen) atoms. The van der Waals surface area contributed by atoms with Crippen LogP contribution in [0.3, 0.4) is 0 Å². The summed E-state index contributed by atoms with van der Waals surface area (Å²) in [5.41, 5.74) is 1.57. The molecule has 70 valence electrons. The Morgan fingerprint density at radius 2 is 2.33 bits per heavy atom. The van der Waals surface area contributed by atoms with Gasteiger partial charge in [0, 0.05) is 0 Å². The lowest BCUT2D eigenvalue weighted by Gasteiger charge is -2.18. The van der Waals surface area contributed by atoms with Crippen LogP contribution in [-0.4, -0.2) is 23.1 Å². The van der Waals surface area contributed by atoms with Gasteiger partial charge in [-0.2, -0.15) is 0 Å². The summed E-state index contributed by atoms with van der Waals surface area (Å²) in [6.45, 7) is 3.56. The number of hydrogen-bond donors (Lipinski definition) is 3. The molecule has 0 saturated heterocycles. The van der Waals surface area contributed by atoms with Crippen LogP contribution in [0.1, 0.15) is 20.3 Å². The predicted molar refractivity (Wildman–Crippen MR) is 43.6 cm³/mol. The average Bonchev–Trinajstić information content (AvgIpc) is 2.11. The highest BCUT2D eigenvalue weighted by atomic mass is 16.4. The van der Waals surface area contributed by atoms with Crippen molar-refractivity contribution in [1.82, 2.24) is 5.32 Å². The second-order valence-corrected chi connectivity index (χ2v) is 2.67. The van der Waals surface area contributed by atoms with E-state index in [4.69, 9.17) is 6.52 Å². The van der Waals surface area contributed by atoms with Gasteiger partial charge in [-0.15, -0.1) is 0 Å². The van der Waals surface area contributed by atoms with E-state index in [1.165, 1.54) is 0 Å². The van der Waals surface area contributed by atoms with Crippen LogP contribution in [0.4, 0.5) is 4.79 Å². The lowest BCUT2D eigenvalue weighted by Crippen LogP contribution is -2.47. The fraction of sp³-hybridized carbons (Fsp3) is 0.714. The number of hydrogen-bond acceptors (Lipinski definition) is 2. The Kier molecular flexibility index (Phi) is 3.37. The molecule has 0 aliphatic rings. The van der Waals surface area contributed by atoms with Crippen molar-refractivity contribution in [3.05, 3.63) is 0 Å². The summed E-state index contributed by atoms with van der Waals surface area (Å²) in [7, 11) is 0. The summed E-state index contributed by atoms with van der Waals surface area (Å²) < 4.78 is 6.49. The normalized spacial score (nSPS) is 15.7. The van der Waals surface area contributed by atoms with Crippen molar-refractivity contribution < 1.29 is 16.1 Å². The summed E-state index contributed by atoms with van der Waals surface area (Å²) in [5.74, 6) is -1.24. The molecule has 0 aliphatic carbocycles. The number of urea groups is 1. The van der Waals surface area contributed by atoms with Crippen LogP contribution in [-0.2, 0) is 4.79 Å². The van der Waals surface area contributed by atoms with Crippen molar-refractivity contribution in [3.63, 3.8) is 0 Å². The first-order chi connectivity index (χ1) is 6.02. The van der Waals surface area contributed by atoms with Gasteiger partial charge >= 0.3 is 12.0 Å². The Morgan fingerprint density at radius 3 is 2.67 bits per heavy atom. The highest BCUT2D eigenvalue weighted by Crippen LogP contribution is 2.07. The standard InChI is InChI=1S/C7H14N2O3/c1-3-4(2)5(6(10)11)9-7(8)12/h4-5H,3H2,1-2H3,(H,10,11)(H3,8,9,12)/t4-,5-/m0/s1/i/hD. The van der Waals surface area contributed by atoms with Gasteiger partial charge in [0.15, 0.2) is 1.41 Å². The van der Waals surface area contributed by atoms with Crippen LogP contribution < -0.4 is 11.0 Å². The number of carbonyl (C=O) groups excluding carboxylic acids is 1. The first kappa shape index (κ1) is 8.83. The molecule has 0 aliphatic heterocycles. The largest absolute Gasteiger partial charge is 0.480 e. The van der Waals surface area contributed by atoms with Gasteiger partial charge in [0.05, 0.1) is 0 Å². The predicted octanol–water partition coefficient (Wildman–Crippen LogP) is 0.154. The molecule has 0 unspecified atom stereocenters. The van der Waals surface area contributed by atoms with Crippen molar-refractivity contribution in [3.8, 4) is 0 Å². The molecule has 0 fully saturated rings. The third-order valence-electron chi connectivity index (χ3n) is 1.77. The zero-order valence-corrected chi connectivity index (χ0v) is 7.13. The van der Waals surface area contributed by atoms with Gasteiger partial charge in [-0.05, 0) is 5.92 Å². The summed E-state index contributed by atoms with van der Waals surface area (Å²) in [4.78, 5) is 21.3. The average molecular weight is 175 g/mol. The second-order valence-electron chi connectivity index (χ2n) is 2.67. The van der Waals surface area contributed by atoms with Gasteiger partial charge < -0.3 is 16.2 Å². The van der Waals surface area contributed by atoms with Gasteiger partial charge in [0.1, 0.15) is 6.04 Å². The van der Waals surface area contributed by atoms with Crippen molar-refractivity contribution in [2.24, 2.45) is 11.6 Å². The first-order valence-electron chi connectivity index (χ1n) is 4.24. The molecule has 0 rings (SSSR count).